The number of rotatable bonds is 7. The maximum Gasteiger partial charge on any atom is 0.419 e. The smallest absolute Gasteiger partial charge is 0.385 e. The molecule has 0 saturated heterocycles. The number of aliphatic hydroxyl groups is 1. The Hall–Kier alpha value is -3.44. The molecule has 4 rings (SSSR count). The summed E-state index contributed by atoms with van der Waals surface area (Å²) >= 11 is 0. The molecular weight excluding hydrogens is 501 g/mol. The summed E-state index contributed by atoms with van der Waals surface area (Å²) in [5.74, 6) is -0.995. The lowest BCUT2D eigenvalue weighted by Gasteiger charge is -2.38. The van der Waals surface area contributed by atoms with Crippen molar-refractivity contribution in [2.75, 3.05) is 13.7 Å². The first-order valence-corrected chi connectivity index (χ1v) is 12.2. The highest BCUT2D eigenvalue weighted by molar-refractivity contribution is 5.99. The number of alkyl halides is 3. The van der Waals surface area contributed by atoms with Crippen LogP contribution in [0.15, 0.2) is 53.5 Å². The number of benzene rings is 2. The highest BCUT2D eigenvalue weighted by Crippen LogP contribution is 2.48. The van der Waals surface area contributed by atoms with E-state index >= 15 is 0 Å². The molecule has 4 N–H and O–H groups in total. The standard InChI is InChI=1S/C27H31F3N4O4/c1-25(2)15-21(35)34(24(31)33-25)20(11-12-38-3)16-8-6-9-17(13-16)23(36)32-22-19-10-5-4-7-18(19)14-26(22,37)27(28,29)30/h4-10,13,20,22,37H,11-12,14-15H2,1-3H3,(H2,31,33)(H,32,36)/t20-,22?,26?/m1/s1. The summed E-state index contributed by atoms with van der Waals surface area (Å²) in [7, 11) is 1.51. The topological polar surface area (TPSA) is 117 Å². The van der Waals surface area contributed by atoms with Crippen LogP contribution in [0.1, 0.15) is 65.8 Å². The van der Waals surface area contributed by atoms with Crippen LogP contribution in [0.25, 0.3) is 0 Å². The molecule has 3 atom stereocenters. The van der Waals surface area contributed by atoms with Crippen LogP contribution >= 0.6 is 0 Å². The second kappa shape index (κ2) is 10.0. The van der Waals surface area contributed by atoms with Gasteiger partial charge in [0.1, 0.15) is 0 Å². The summed E-state index contributed by atoms with van der Waals surface area (Å²) in [6, 6.07) is 10.0. The van der Waals surface area contributed by atoms with E-state index in [0.717, 1.165) is 0 Å². The normalized spacial score (nSPS) is 23.6. The van der Waals surface area contributed by atoms with Gasteiger partial charge in [-0.1, -0.05) is 36.4 Å². The number of amides is 2. The molecule has 0 radical (unpaired) electrons. The minimum Gasteiger partial charge on any atom is -0.385 e. The number of guanidine groups is 1. The molecule has 1 aliphatic carbocycles. The van der Waals surface area contributed by atoms with Crippen molar-refractivity contribution in [3.8, 4) is 0 Å². The largest absolute Gasteiger partial charge is 0.419 e. The Morgan fingerprint density at radius 1 is 1.24 bits per heavy atom. The number of nitrogens with two attached hydrogens (primary N) is 1. The summed E-state index contributed by atoms with van der Waals surface area (Å²) in [6.07, 6.45) is -5.17. The number of hydrogen-bond donors (Lipinski definition) is 3. The van der Waals surface area contributed by atoms with Gasteiger partial charge in [0.05, 0.1) is 24.0 Å². The van der Waals surface area contributed by atoms with Gasteiger partial charge >= 0.3 is 6.18 Å². The van der Waals surface area contributed by atoms with Gasteiger partial charge in [-0.05, 0) is 49.1 Å². The zero-order chi connectivity index (χ0) is 27.9. The Morgan fingerprint density at radius 2 is 1.95 bits per heavy atom. The highest BCUT2D eigenvalue weighted by Gasteiger charge is 2.62. The van der Waals surface area contributed by atoms with Crippen molar-refractivity contribution in [3.63, 3.8) is 0 Å². The summed E-state index contributed by atoms with van der Waals surface area (Å²) in [5.41, 5.74) is 3.50. The number of hydrogen-bond acceptors (Lipinski definition) is 6. The van der Waals surface area contributed by atoms with E-state index in [4.69, 9.17) is 10.5 Å². The summed E-state index contributed by atoms with van der Waals surface area (Å²) < 4.78 is 47.1. The molecule has 1 aliphatic heterocycles. The molecule has 0 saturated carbocycles. The van der Waals surface area contributed by atoms with Gasteiger partial charge in [0, 0.05) is 25.7 Å². The number of aliphatic imine (C=N–C) groups is 1. The number of nitrogens with one attached hydrogen (secondary N) is 1. The van der Waals surface area contributed by atoms with E-state index in [1.807, 2.05) is 0 Å². The third kappa shape index (κ3) is 5.12. The lowest BCUT2D eigenvalue weighted by Crippen LogP contribution is -2.54. The van der Waals surface area contributed by atoms with Crippen molar-refractivity contribution in [1.82, 2.24) is 10.2 Å². The maximum absolute atomic E-state index is 14.0. The molecular formula is C27H31F3N4O4. The number of halogens is 3. The van der Waals surface area contributed by atoms with E-state index in [2.05, 4.69) is 10.3 Å². The molecule has 2 amide bonds. The zero-order valence-corrected chi connectivity index (χ0v) is 21.4. The number of carbonyl (C=O) groups is 2. The van der Waals surface area contributed by atoms with Crippen LogP contribution < -0.4 is 11.1 Å². The predicted octanol–water partition coefficient (Wildman–Crippen LogP) is 3.41. The van der Waals surface area contributed by atoms with Crippen LogP contribution in [0.4, 0.5) is 13.2 Å². The molecule has 2 aromatic carbocycles. The molecule has 0 spiro atoms. The molecule has 1 heterocycles. The van der Waals surface area contributed by atoms with Gasteiger partial charge in [-0.2, -0.15) is 13.2 Å². The maximum atomic E-state index is 14.0. The van der Waals surface area contributed by atoms with Gasteiger partial charge in [0.15, 0.2) is 11.6 Å². The Balaban J connectivity index is 1.66. The summed E-state index contributed by atoms with van der Waals surface area (Å²) in [5, 5.41) is 13.1. The summed E-state index contributed by atoms with van der Waals surface area (Å²) in [6.45, 7) is 3.88. The van der Waals surface area contributed by atoms with Crippen molar-refractivity contribution in [1.29, 1.82) is 0 Å². The first kappa shape index (κ1) is 27.6. The van der Waals surface area contributed by atoms with E-state index < -0.39 is 41.7 Å². The molecule has 11 heteroatoms. The van der Waals surface area contributed by atoms with Crippen molar-refractivity contribution in [2.45, 2.75) is 62.5 Å². The van der Waals surface area contributed by atoms with Crippen molar-refractivity contribution in [3.05, 3.63) is 70.8 Å². The van der Waals surface area contributed by atoms with Crippen LogP contribution in [0.5, 0.6) is 0 Å². The molecule has 8 nitrogen and oxygen atoms in total. The van der Waals surface area contributed by atoms with Crippen LogP contribution in [-0.4, -0.2) is 58.8 Å². The average Bonchev–Trinajstić information content (AvgIpc) is 3.12. The van der Waals surface area contributed by atoms with E-state index in [0.29, 0.717) is 17.5 Å². The predicted molar refractivity (Wildman–Crippen MR) is 134 cm³/mol. The fraction of sp³-hybridized carbons (Fsp3) is 0.444. The quantitative estimate of drug-likeness (QED) is 0.505. The third-order valence-corrected chi connectivity index (χ3v) is 7.03. The minimum absolute atomic E-state index is 0.0417. The van der Waals surface area contributed by atoms with E-state index in [1.54, 1.807) is 38.1 Å². The van der Waals surface area contributed by atoms with Crippen molar-refractivity contribution >= 4 is 17.8 Å². The first-order chi connectivity index (χ1) is 17.8. The SMILES string of the molecule is COCC[C@H](c1cccc(C(=O)NC2c3ccccc3CC2(O)C(F)(F)F)c1)N1C(=O)CC(C)(C)N=C1N. The number of methoxy groups -OCH3 is 1. The number of fused-ring (bicyclic) bond motifs is 1. The van der Waals surface area contributed by atoms with Gasteiger partial charge < -0.3 is 20.9 Å². The average molecular weight is 533 g/mol. The number of carbonyl (C=O) groups excluding carboxylic acids is 2. The lowest BCUT2D eigenvalue weighted by molar-refractivity contribution is -0.266. The lowest BCUT2D eigenvalue weighted by atomic mass is 9.93. The Bertz CT molecular complexity index is 1260. The minimum atomic E-state index is -4.98. The Kier molecular flexibility index (Phi) is 7.28. The number of nitrogens with zero attached hydrogens (tertiary/aromatic N) is 2. The van der Waals surface area contributed by atoms with Crippen LogP contribution in [0, 0.1) is 0 Å². The van der Waals surface area contributed by atoms with Crippen molar-refractivity contribution < 1.29 is 32.6 Å². The summed E-state index contributed by atoms with van der Waals surface area (Å²) in [4.78, 5) is 32.1. The fourth-order valence-electron chi connectivity index (χ4n) is 5.18. The van der Waals surface area contributed by atoms with Gasteiger partial charge in [-0.25, -0.2) is 4.99 Å². The van der Waals surface area contributed by atoms with Crippen LogP contribution in [-0.2, 0) is 16.0 Å². The van der Waals surface area contributed by atoms with Crippen LogP contribution in [0.3, 0.4) is 0 Å². The van der Waals surface area contributed by atoms with Gasteiger partial charge in [0.2, 0.25) is 5.91 Å². The third-order valence-electron chi connectivity index (χ3n) is 7.03. The highest BCUT2D eigenvalue weighted by atomic mass is 19.4. The molecule has 2 unspecified atom stereocenters. The zero-order valence-electron chi connectivity index (χ0n) is 21.4. The second-order valence-electron chi connectivity index (χ2n) is 10.3. The van der Waals surface area contributed by atoms with Gasteiger partial charge in [0.25, 0.3) is 5.91 Å². The van der Waals surface area contributed by atoms with Gasteiger partial charge in [-0.3, -0.25) is 14.5 Å². The van der Waals surface area contributed by atoms with E-state index in [9.17, 15) is 27.9 Å². The molecule has 38 heavy (non-hydrogen) atoms. The Morgan fingerprint density at radius 3 is 2.61 bits per heavy atom. The second-order valence-corrected chi connectivity index (χ2v) is 10.3. The molecule has 0 bridgehead atoms. The molecule has 0 aromatic heterocycles. The monoisotopic (exact) mass is 532 g/mol. The molecule has 0 fully saturated rings. The molecule has 2 aromatic rings. The van der Waals surface area contributed by atoms with E-state index in [1.165, 1.54) is 36.3 Å². The first-order valence-electron chi connectivity index (χ1n) is 12.2. The van der Waals surface area contributed by atoms with Crippen LogP contribution in [0.2, 0.25) is 0 Å². The van der Waals surface area contributed by atoms with E-state index in [-0.39, 0.29) is 36.0 Å². The molecule has 204 valence electrons. The van der Waals surface area contributed by atoms with Gasteiger partial charge in [-0.15, -0.1) is 0 Å². The fourth-order valence-corrected chi connectivity index (χ4v) is 5.18. The molecule has 2 aliphatic rings. The number of ether oxygens (including phenoxy) is 1. The Labute approximate surface area is 218 Å². The van der Waals surface area contributed by atoms with Crippen molar-refractivity contribution in [2.24, 2.45) is 10.7 Å².